The molecular weight excluding hydrogens is 266 g/mol. The number of fused-ring (bicyclic) bond motifs is 1. The second-order valence-corrected chi connectivity index (χ2v) is 5.15. The van der Waals surface area contributed by atoms with E-state index in [0.717, 1.165) is 16.5 Å². The van der Waals surface area contributed by atoms with Crippen LogP contribution in [0.1, 0.15) is 16.1 Å². The molecule has 0 N–H and O–H groups in total. The summed E-state index contributed by atoms with van der Waals surface area (Å²) < 4.78 is 7.43. The van der Waals surface area contributed by atoms with Crippen molar-refractivity contribution in [2.24, 2.45) is 0 Å². The highest BCUT2D eigenvalue weighted by molar-refractivity contribution is 5.96. The third kappa shape index (κ3) is 2.81. The van der Waals surface area contributed by atoms with Crippen LogP contribution in [-0.2, 0) is 6.54 Å². The fraction of sp³-hybridized carbons (Fsp3) is 0.250. The van der Waals surface area contributed by atoms with Gasteiger partial charge in [-0.15, -0.1) is 0 Å². The van der Waals surface area contributed by atoms with Gasteiger partial charge in [-0.3, -0.25) is 9.48 Å². The van der Waals surface area contributed by atoms with Crippen LogP contribution in [0.4, 0.5) is 0 Å². The molecule has 0 aliphatic carbocycles. The Morgan fingerprint density at radius 2 is 2.24 bits per heavy atom. The van der Waals surface area contributed by atoms with Crippen molar-refractivity contribution in [3.8, 4) is 0 Å². The van der Waals surface area contributed by atoms with Gasteiger partial charge >= 0.3 is 0 Å². The third-order valence-corrected chi connectivity index (χ3v) is 3.45. The van der Waals surface area contributed by atoms with Crippen molar-refractivity contribution in [3.63, 3.8) is 0 Å². The lowest BCUT2D eigenvalue weighted by Gasteiger charge is -2.15. The first-order valence-corrected chi connectivity index (χ1v) is 6.86. The zero-order valence-electron chi connectivity index (χ0n) is 12.1. The van der Waals surface area contributed by atoms with Gasteiger partial charge in [-0.2, -0.15) is 5.10 Å². The van der Waals surface area contributed by atoms with Gasteiger partial charge in [-0.1, -0.05) is 11.6 Å². The summed E-state index contributed by atoms with van der Waals surface area (Å²) in [6.07, 6.45) is 3.60. The number of carbonyl (C=O) groups is 1. The Morgan fingerprint density at radius 3 is 3.00 bits per heavy atom. The molecule has 0 aliphatic rings. The minimum atomic E-state index is -0.115. The van der Waals surface area contributed by atoms with Crippen LogP contribution in [0, 0.1) is 6.92 Å². The van der Waals surface area contributed by atoms with E-state index >= 15 is 0 Å². The largest absolute Gasteiger partial charge is 0.451 e. The molecule has 0 fully saturated rings. The van der Waals surface area contributed by atoms with Crippen LogP contribution in [0.25, 0.3) is 11.0 Å². The molecule has 0 unspecified atom stereocenters. The Labute approximate surface area is 122 Å². The van der Waals surface area contributed by atoms with Crippen molar-refractivity contribution in [1.82, 2.24) is 14.7 Å². The van der Waals surface area contributed by atoms with Crippen molar-refractivity contribution in [3.05, 3.63) is 54.0 Å². The first-order valence-electron chi connectivity index (χ1n) is 6.86. The molecular formula is C16H17N3O2. The number of rotatable bonds is 4. The lowest BCUT2D eigenvalue weighted by molar-refractivity contribution is 0.0760. The highest BCUT2D eigenvalue weighted by Crippen LogP contribution is 2.21. The summed E-state index contributed by atoms with van der Waals surface area (Å²) in [5.41, 5.74) is 1.89. The molecule has 5 heteroatoms. The van der Waals surface area contributed by atoms with Crippen LogP contribution in [0.2, 0.25) is 0 Å². The fourth-order valence-corrected chi connectivity index (χ4v) is 2.24. The second kappa shape index (κ2) is 5.44. The van der Waals surface area contributed by atoms with E-state index in [1.165, 1.54) is 0 Å². The molecule has 0 saturated heterocycles. The number of amides is 1. The number of aryl methyl sites for hydroxylation is 1. The lowest BCUT2D eigenvalue weighted by Crippen LogP contribution is -2.29. The van der Waals surface area contributed by atoms with Gasteiger partial charge in [0.1, 0.15) is 5.58 Å². The molecule has 21 heavy (non-hydrogen) atoms. The molecule has 0 radical (unpaired) electrons. The smallest absolute Gasteiger partial charge is 0.289 e. The molecule has 0 bridgehead atoms. The molecule has 0 aliphatic heterocycles. The van der Waals surface area contributed by atoms with Gasteiger partial charge in [0, 0.05) is 31.4 Å². The van der Waals surface area contributed by atoms with Crippen LogP contribution in [0.5, 0.6) is 0 Å². The molecule has 0 saturated carbocycles. The minimum Gasteiger partial charge on any atom is -0.451 e. The summed E-state index contributed by atoms with van der Waals surface area (Å²) in [6, 6.07) is 9.55. The Kier molecular flexibility index (Phi) is 3.48. The molecule has 5 nitrogen and oxygen atoms in total. The third-order valence-electron chi connectivity index (χ3n) is 3.45. The SMILES string of the molecule is Cc1ccc2oc(C(=O)N(C)CCn3cccn3)cc2c1. The van der Waals surface area contributed by atoms with E-state index < -0.39 is 0 Å². The minimum absolute atomic E-state index is 0.115. The number of nitrogens with zero attached hydrogens (tertiary/aromatic N) is 3. The van der Waals surface area contributed by atoms with E-state index in [1.54, 1.807) is 28.9 Å². The summed E-state index contributed by atoms with van der Waals surface area (Å²) >= 11 is 0. The lowest BCUT2D eigenvalue weighted by atomic mass is 10.2. The first-order chi connectivity index (χ1) is 10.1. The van der Waals surface area contributed by atoms with Crippen LogP contribution in [0.15, 0.2) is 47.1 Å². The maximum absolute atomic E-state index is 12.4. The molecule has 1 aromatic carbocycles. The predicted octanol–water partition coefficient (Wildman–Crippen LogP) is 2.71. The second-order valence-electron chi connectivity index (χ2n) is 5.15. The van der Waals surface area contributed by atoms with Gasteiger partial charge in [0.05, 0.1) is 6.54 Å². The van der Waals surface area contributed by atoms with E-state index in [4.69, 9.17) is 4.42 Å². The van der Waals surface area contributed by atoms with Gasteiger partial charge in [-0.05, 0) is 31.2 Å². The van der Waals surface area contributed by atoms with Crippen molar-refractivity contribution in [1.29, 1.82) is 0 Å². The zero-order chi connectivity index (χ0) is 14.8. The predicted molar refractivity (Wildman–Crippen MR) is 80.1 cm³/mol. The Hall–Kier alpha value is -2.56. The van der Waals surface area contributed by atoms with E-state index in [9.17, 15) is 4.79 Å². The monoisotopic (exact) mass is 283 g/mol. The van der Waals surface area contributed by atoms with Crippen LogP contribution >= 0.6 is 0 Å². The summed E-state index contributed by atoms with van der Waals surface area (Å²) in [6.45, 7) is 3.26. The molecule has 1 amide bonds. The zero-order valence-corrected chi connectivity index (χ0v) is 12.1. The fourth-order valence-electron chi connectivity index (χ4n) is 2.24. The molecule has 3 rings (SSSR count). The highest BCUT2D eigenvalue weighted by Gasteiger charge is 2.16. The van der Waals surface area contributed by atoms with Crippen LogP contribution in [-0.4, -0.2) is 34.2 Å². The number of hydrogen-bond acceptors (Lipinski definition) is 3. The molecule has 2 heterocycles. The highest BCUT2D eigenvalue weighted by atomic mass is 16.3. The molecule has 108 valence electrons. The number of benzene rings is 1. The van der Waals surface area contributed by atoms with E-state index in [0.29, 0.717) is 18.8 Å². The van der Waals surface area contributed by atoms with Gasteiger partial charge in [0.15, 0.2) is 5.76 Å². The average Bonchev–Trinajstić information content (AvgIpc) is 3.12. The molecule has 3 aromatic rings. The van der Waals surface area contributed by atoms with Crippen molar-refractivity contribution < 1.29 is 9.21 Å². The quantitative estimate of drug-likeness (QED) is 0.739. The Morgan fingerprint density at radius 1 is 1.38 bits per heavy atom. The average molecular weight is 283 g/mol. The van der Waals surface area contributed by atoms with Gasteiger partial charge in [-0.25, -0.2) is 0 Å². The summed E-state index contributed by atoms with van der Waals surface area (Å²) in [5, 5.41) is 5.08. The van der Waals surface area contributed by atoms with Crippen LogP contribution < -0.4 is 0 Å². The first kappa shape index (κ1) is 13.4. The maximum Gasteiger partial charge on any atom is 0.289 e. The Bertz CT molecular complexity index is 759. The number of aromatic nitrogens is 2. The standard InChI is InChI=1S/C16H17N3O2/c1-12-4-5-14-13(10-12)11-15(21-14)16(20)18(2)8-9-19-7-3-6-17-19/h3-7,10-11H,8-9H2,1-2H3. The van der Waals surface area contributed by atoms with Crippen molar-refractivity contribution in [2.75, 3.05) is 13.6 Å². The van der Waals surface area contributed by atoms with E-state index in [2.05, 4.69) is 5.10 Å². The van der Waals surface area contributed by atoms with Crippen molar-refractivity contribution >= 4 is 16.9 Å². The molecule has 0 spiro atoms. The summed E-state index contributed by atoms with van der Waals surface area (Å²) in [4.78, 5) is 14.0. The summed E-state index contributed by atoms with van der Waals surface area (Å²) in [5.74, 6) is 0.259. The number of carbonyl (C=O) groups excluding carboxylic acids is 1. The van der Waals surface area contributed by atoms with Crippen LogP contribution in [0.3, 0.4) is 0 Å². The molecule has 2 aromatic heterocycles. The van der Waals surface area contributed by atoms with Crippen molar-refractivity contribution in [2.45, 2.75) is 13.5 Å². The Balaban J connectivity index is 1.73. The number of furan rings is 1. The van der Waals surface area contributed by atoms with E-state index in [1.807, 2.05) is 37.4 Å². The molecule has 0 atom stereocenters. The topological polar surface area (TPSA) is 51.3 Å². The maximum atomic E-state index is 12.4. The number of likely N-dealkylation sites (N-methyl/N-ethyl adjacent to an activating group) is 1. The van der Waals surface area contributed by atoms with Gasteiger partial charge in [0.25, 0.3) is 5.91 Å². The van der Waals surface area contributed by atoms with Gasteiger partial charge < -0.3 is 9.32 Å². The van der Waals surface area contributed by atoms with Gasteiger partial charge in [0.2, 0.25) is 0 Å². The summed E-state index contributed by atoms with van der Waals surface area (Å²) in [7, 11) is 1.77. The normalized spacial score (nSPS) is 11.0. The number of hydrogen-bond donors (Lipinski definition) is 0. The van der Waals surface area contributed by atoms with E-state index in [-0.39, 0.29) is 5.91 Å².